The predicted molar refractivity (Wildman–Crippen MR) is 124 cm³/mol. The number of hydrogen-bond donors (Lipinski definition) is 1. The first-order valence-corrected chi connectivity index (χ1v) is 12.0. The molecule has 5 rings (SSSR count). The van der Waals surface area contributed by atoms with Crippen molar-refractivity contribution in [2.75, 3.05) is 13.2 Å². The molecule has 0 saturated heterocycles. The van der Waals surface area contributed by atoms with Gasteiger partial charge in [-0.05, 0) is 86.3 Å². The molecule has 0 aromatic heterocycles. The van der Waals surface area contributed by atoms with Crippen molar-refractivity contribution in [2.24, 2.45) is 27.3 Å². The van der Waals surface area contributed by atoms with Crippen molar-refractivity contribution in [1.29, 1.82) is 0 Å². The molecule has 4 aliphatic rings. The Morgan fingerprint density at radius 2 is 1.87 bits per heavy atom. The van der Waals surface area contributed by atoms with Crippen LogP contribution in [0.2, 0.25) is 5.02 Å². The van der Waals surface area contributed by atoms with E-state index in [1.54, 1.807) is 12.3 Å². The fraction of sp³-hybridized carbons (Fsp3) is 0.680. The van der Waals surface area contributed by atoms with Crippen LogP contribution < -0.4 is 14.9 Å². The minimum atomic E-state index is -0.272. The van der Waals surface area contributed by atoms with Crippen molar-refractivity contribution in [1.82, 2.24) is 5.43 Å². The summed E-state index contributed by atoms with van der Waals surface area (Å²) < 4.78 is 11.5. The molecule has 1 N–H and O–H groups in total. The second-order valence-electron chi connectivity index (χ2n) is 10.7. The molecular weight excluding hydrogens is 412 g/mol. The van der Waals surface area contributed by atoms with Gasteiger partial charge in [0.2, 0.25) is 5.91 Å². The number of rotatable bonds is 8. The van der Waals surface area contributed by atoms with Gasteiger partial charge < -0.3 is 9.47 Å². The third-order valence-electron chi connectivity index (χ3n) is 7.27. The summed E-state index contributed by atoms with van der Waals surface area (Å²) in [4.78, 5) is 13.3. The SMILES string of the molecule is CCCOc1c(Cl)cc(/C=N/NC(=O)C23CC4CC(C)(CC(C)(C4)C2)C3)cc1OCC. The third kappa shape index (κ3) is 4.44. The number of halogens is 1. The molecule has 2 unspecified atom stereocenters. The van der Waals surface area contributed by atoms with E-state index in [4.69, 9.17) is 21.1 Å². The lowest BCUT2D eigenvalue weighted by molar-refractivity contribution is -0.170. The van der Waals surface area contributed by atoms with Gasteiger partial charge in [-0.2, -0.15) is 5.10 Å². The number of amides is 1. The van der Waals surface area contributed by atoms with E-state index in [1.807, 2.05) is 19.9 Å². The molecule has 6 heteroatoms. The summed E-state index contributed by atoms with van der Waals surface area (Å²) in [7, 11) is 0. The minimum absolute atomic E-state index is 0.0735. The Morgan fingerprint density at radius 1 is 1.16 bits per heavy atom. The quantitative estimate of drug-likeness (QED) is 0.395. The van der Waals surface area contributed by atoms with Crippen LogP contribution in [0.3, 0.4) is 0 Å². The molecule has 5 nitrogen and oxygen atoms in total. The summed E-state index contributed by atoms with van der Waals surface area (Å²) in [6, 6.07) is 3.64. The molecule has 0 radical (unpaired) electrons. The van der Waals surface area contributed by atoms with E-state index in [2.05, 4.69) is 24.4 Å². The second kappa shape index (κ2) is 8.31. The van der Waals surface area contributed by atoms with Gasteiger partial charge in [0, 0.05) is 0 Å². The largest absolute Gasteiger partial charge is 0.490 e. The normalized spacial score (nSPS) is 33.6. The molecule has 170 valence electrons. The standard InChI is InChI=1S/C25H35ClN2O3/c1-5-7-31-21-19(26)8-17(9-20(21)30-6-2)13-27-28-22(29)25-12-18-10-23(3,15-25)14-24(4,11-18)16-25/h8-9,13,18H,5-7,10-12,14-16H2,1-4H3,(H,28,29)/b27-13+. The van der Waals surface area contributed by atoms with E-state index in [1.165, 1.54) is 19.3 Å². The van der Waals surface area contributed by atoms with Crippen LogP contribution in [0.5, 0.6) is 11.5 Å². The zero-order valence-electron chi connectivity index (χ0n) is 19.2. The predicted octanol–water partition coefficient (Wildman–Crippen LogP) is 5.97. The molecule has 4 fully saturated rings. The van der Waals surface area contributed by atoms with Gasteiger partial charge in [-0.25, -0.2) is 5.43 Å². The van der Waals surface area contributed by atoms with E-state index in [0.29, 0.717) is 46.5 Å². The molecule has 4 saturated carbocycles. The van der Waals surface area contributed by atoms with Crippen molar-refractivity contribution >= 4 is 23.7 Å². The highest BCUT2D eigenvalue weighted by molar-refractivity contribution is 6.32. The fourth-order valence-corrected chi connectivity index (χ4v) is 7.53. The zero-order chi connectivity index (χ0) is 22.3. The maximum Gasteiger partial charge on any atom is 0.246 e. The van der Waals surface area contributed by atoms with Crippen LogP contribution in [0.1, 0.15) is 78.2 Å². The lowest BCUT2D eigenvalue weighted by Crippen LogP contribution is -2.59. The van der Waals surface area contributed by atoms with Crippen molar-refractivity contribution in [3.05, 3.63) is 22.7 Å². The molecule has 0 spiro atoms. The maximum absolute atomic E-state index is 13.3. The van der Waals surface area contributed by atoms with E-state index in [9.17, 15) is 4.79 Å². The Morgan fingerprint density at radius 3 is 2.48 bits per heavy atom. The van der Waals surface area contributed by atoms with Gasteiger partial charge in [0.05, 0.1) is 29.9 Å². The molecule has 1 aromatic rings. The number of ether oxygens (including phenoxy) is 2. The van der Waals surface area contributed by atoms with Crippen LogP contribution in [0.4, 0.5) is 0 Å². The average molecular weight is 447 g/mol. The van der Waals surface area contributed by atoms with Crippen LogP contribution in [-0.2, 0) is 4.79 Å². The van der Waals surface area contributed by atoms with Gasteiger partial charge in [0.1, 0.15) is 0 Å². The first kappa shape index (κ1) is 22.4. The number of hydrazone groups is 1. The van der Waals surface area contributed by atoms with Crippen molar-refractivity contribution in [3.63, 3.8) is 0 Å². The van der Waals surface area contributed by atoms with Crippen LogP contribution in [0, 0.1) is 22.2 Å². The Balaban J connectivity index is 1.48. The molecule has 1 amide bonds. The second-order valence-corrected chi connectivity index (χ2v) is 11.1. The number of benzene rings is 1. The molecule has 0 heterocycles. The number of carbonyl (C=O) groups is 1. The van der Waals surface area contributed by atoms with E-state index < -0.39 is 0 Å². The minimum Gasteiger partial charge on any atom is -0.490 e. The molecule has 0 aliphatic heterocycles. The smallest absolute Gasteiger partial charge is 0.246 e. The monoisotopic (exact) mass is 446 g/mol. The van der Waals surface area contributed by atoms with Gasteiger partial charge >= 0.3 is 0 Å². The van der Waals surface area contributed by atoms with Crippen LogP contribution in [0.25, 0.3) is 0 Å². The topological polar surface area (TPSA) is 59.9 Å². The van der Waals surface area contributed by atoms with E-state index in [-0.39, 0.29) is 11.3 Å². The van der Waals surface area contributed by atoms with Crippen molar-refractivity contribution < 1.29 is 14.3 Å². The van der Waals surface area contributed by atoms with E-state index in [0.717, 1.165) is 31.2 Å². The van der Waals surface area contributed by atoms with Gasteiger partial charge in [0.15, 0.2) is 11.5 Å². The summed E-state index contributed by atoms with van der Waals surface area (Å²) in [6.07, 6.45) is 9.29. The van der Waals surface area contributed by atoms with Crippen LogP contribution >= 0.6 is 11.6 Å². The highest BCUT2D eigenvalue weighted by Crippen LogP contribution is 2.69. The summed E-state index contributed by atoms with van der Waals surface area (Å²) in [5.41, 5.74) is 3.94. The molecule has 2 atom stereocenters. The molecule has 31 heavy (non-hydrogen) atoms. The summed E-state index contributed by atoms with van der Waals surface area (Å²) >= 11 is 6.44. The Bertz CT molecular complexity index is 866. The molecule has 1 aromatic carbocycles. The highest BCUT2D eigenvalue weighted by atomic mass is 35.5. The summed E-state index contributed by atoms with van der Waals surface area (Å²) in [5, 5.41) is 4.78. The Kier molecular flexibility index (Phi) is 6.01. The number of carbonyl (C=O) groups excluding carboxylic acids is 1. The van der Waals surface area contributed by atoms with Crippen LogP contribution in [-0.4, -0.2) is 25.3 Å². The van der Waals surface area contributed by atoms with Gasteiger partial charge in [-0.1, -0.05) is 32.4 Å². The van der Waals surface area contributed by atoms with Gasteiger partial charge in [0.25, 0.3) is 0 Å². The first-order valence-electron chi connectivity index (χ1n) is 11.6. The van der Waals surface area contributed by atoms with Gasteiger partial charge in [-0.15, -0.1) is 0 Å². The highest BCUT2D eigenvalue weighted by Gasteiger charge is 2.62. The summed E-state index contributed by atoms with van der Waals surface area (Å²) in [6.45, 7) is 9.80. The lowest BCUT2D eigenvalue weighted by Gasteiger charge is -2.64. The van der Waals surface area contributed by atoms with Crippen molar-refractivity contribution in [3.8, 4) is 11.5 Å². The van der Waals surface area contributed by atoms with Crippen molar-refractivity contribution in [2.45, 2.75) is 72.6 Å². The number of nitrogens with zero attached hydrogens (tertiary/aromatic N) is 1. The summed E-state index contributed by atoms with van der Waals surface area (Å²) in [5.74, 6) is 1.90. The fourth-order valence-electron chi connectivity index (χ4n) is 7.25. The Hall–Kier alpha value is -1.75. The van der Waals surface area contributed by atoms with E-state index >= 15 is 0 Å². The molecule has 4 aliphatic carbocycles. The zero-order valence-corrected chi connectivity index (χ0v) is 20.0. The number of hydrogen-bond acceptors (Lipinski definition) is 4. The lowest BCUT2D eigenvalue weighted by atomic mass is 9.40. The maximum atomic E-state index is 13.3. The average Bonchev–Trinajstić information content (AvgIpc) is 2.64. The van der Waals surface area contributed by atoms with Crippen LogP contribution in [0.15, 0.2) is 17.2 Å². The molecule has 4 bridgehead atoms. The third-order valence-corrected chi connectivity index (χ3v) is 7.55. The van der Waals surface area contributed by atoms with Gasteiger partial charge in [-0.3, -0.25) is 4.79 Å². The number of nitrogens with one attached hydrogen (secondary N) is 1. The Labute approximate surface area is 190 Å². The molecular formula is C25H35ClN2O3. The first-order chi connectivity index (χ1) is 14.7.